The summed E-state index contributed by atoms with van der Waals surface area (Å²) in [6.45, 7) is 0. The number of fused-ring (bicyclic) bond motifs is 1. The molecule has 7 nitrogen and oxygen atoms in total. The average molecular weight is 310 g/mol. The van der Waals surface area contributed by atoms with E-state index >= 15 is 0 Å². The maximum atomic E-state index is 12.2. The van der Waals surface area contributed by atoms with Crippen molar-refractivity contribution >= 4 is 28.1 Å². The van der Waals surface area contributed by atoms with Crippen LogP contribution in [-0.4, -0.2) is 10.8 Å². The standard InChI is InChI=1S/C16H10N2O5/c19-15(17-11-5-3-6-12(9-11)18(21)22)14-8-10-4-1-2-7-13(10)16(20)23-14/h1-9H,(H,17,19). The van der Waals surface area contributed by atoms with Crippen molar-refractivity contribution in [3.8, 4) is 0 Å². The topological polar surface area (TPSA) is 102 Å². The van der Waals surface area contributed by atoms with Crippen LogP contribution in [0.4, 0.5) is 11.4 Å². The minimum Gasteiger partial charge on any atom is -0.417 e. The molecule has 0 bridgehead atoms. The van der Waals surface area contributed by atoms with Gasteiger partial charge in [-0.05, 0) is 23.6 Å². The first-order valence-corrected chi connectivity index (χ1v) is 6.63. The van der Waals surface area contributed by atoms with E-state index in [2.05, 4.69) is 5.32 Å². The monoisotopic (exact) mass is 310 g/mol. The van der Waals surface area contributed by atoms with Gasteiger partial charge in [-0.25, -0.2) is 4.79 Å². The van der Waals surface area contributed by atoms with Crippen molar-refractivity contribution in [1.82, 2.24) is 0 Å². The van der Waals surface area contributed by atoms with E-state index in [9.17, 15) is 19.7 Å². The van der Waals surface area contributed by atoms with Crippen LogP contribution in [0.15, 0.2) is 63.8 Å². The molecule has 3 rings (SSSR count). The highest BCUT2D eigenvalue weighted by atomic mass is 16.6. The number of anilines is 1. The number of carbonyl (C=O) groups is 1. The molecule has 0 saturated carbocycles. The van der Waals surface area contributed by atoms with E-state index in [-0.39, 0.29) is 17.1 Å². The molecule has 3 aromatic rings. The molecule has 0 fully saturated rings. The number of hydrogen-bond donors (Lipinski definition) is 1. The van der Waals surface area contributed by atoms with Gasteiger partial charge in [0.15, 0.2) is 5.76 Å². The van der Waals surface area contributed by atoms with Gasteiger partial charge in [-0.1, -0.05) is 24.3 Å². The van der Waals surface area contributed by atoms with Crippen LogP contribution in [0.1, 0.15) is 10.6 Å². The van der Waals surface area contributed by atoms with Crippen molar-refractivity contribution in [2.45, 2.75) is 0 Å². The molecule has 0 aliphatic carbocycles. The molecule has 1 aromatic heterocycles. The Kier molecular flexibility index (Phi) is 3.60. The van der Waals surface area contributed by atoms with E-state index in [0.29, 0.717) is 10.8 Å². The van der Waals surface area contributed by atoms with Crippen LogP contribution < -0.4 is 10.9 Å². The predicted octanol–water partition coefficient (Wildman–Crippen LogP) is 2.95. The normalized spacial score (nSPS) is 10.4. The minimum absolute atomic E-state index is 0.150. The van der Waals surface area contributed by atoms with Gasteiger partial charge in [0.25, 0.3) is 11.6 Å². The molecule has 0 saturated heterocycles. The fraction of sp³-hybridized carbons (Fsp3) is 0. The van der Waals surface area contributed by atoms with Crippen LogP contribution >= 0.6 is 0 Å². The molecule has 2 aromatic carbocycles. The van der Waals surface area contributed by atoms with E-state index in [4.69, 9.17) is 4.42 Å². The van der Waals surface area contributed by atoms with Crippen LogP contribution in [-0.2, 0) is 0 Å². The second-order valence-electron chi connectivity index (χ2n) is 4.75. The summed E-state index contributed by atoms with van der Waals surface area (Å²) in [5, 5.41) is 14.2. The zero-order valence-corrected chi connectivity index (χ0v) is 11.7. The highest BCUT2D eigenvalue weighted by Gasteiger charge is 2.14. The highest BCUT2D eigenvalue weighted by Crippen LogP contribution is 2.18. The Morgan fingerprint density at radius 2 is 1.87 bits per heavy atom. The van der Waals surface area contributed by atoms with Crippen LogP contribution in [0.2, 0.25) is 0 Å². The second-order valence-corrected chi connectivity index (χ2v) is 4.75. The largest absolute Gasteiger partial charge is 0.417 e. The summed E-state index contributed by atoms with van der Waals surface area (Å²) < 4.78 is 5.00. The van der Waals surface area contributed by atoms with Crippen LogP contribution in [0, 0.1) is 10.1 Å². The third kappa shape index (κ3) is 2.93. The van der Waals surface area contributed by atoms with Crippen molar-refractivity contribution in [3.05, 3.63) is 80.9 Å². The molecule has 0 aliphatic rings. The number of rotatable bonds is 3. The number of amides is 1. The highest BCUT2D eigenvalue weighted by molar-refractivity contribution is 6.04. The number of nitrogens with zero attached hydrogens (tertiary/aromatic N) is 1. The Labute approximate surface area is 129 Å². The maximum absolute atomic E-state index is 12.2. The Morgan fingerprint density at radius 1 is 1.09 bits per heavy atom. The van der Waals surface area contributed by atoms with Crippen LogP contribution in [0.3, 0.4) is 0 Å². The zero-order valence-electron chi connectivity index (χ0n) is 11.7. The van der Waals surface area contributed by atoms with Crippen molar-refractivity contribution < 1.29 is 14.1 Å². The molecule has 0 spiro atoms. The van der Waals surface area contributed by atoms with Gasteiger partial charge >= 0.3 is 5.63 Å². The molecule has 1 amide bonds. The molecule has 23 heavy (non-hydrogen) atoms. The van der Waals surface area contributed by atoms with Crippen molar-refractivity contribution in [1.29, 1.82) is 0 Å². The molecular weight excluding hydrogens is 300 g/mol. The first-order chi connectivity index (χ1) is 11.0. The Hall–Kier alpha value is -3.48. The summed E-state index contributed by atoms with van der Waals surface area (Å²) in [7, 11) is 0. The van der Waals surface area contributed by atoms with E-state index in [1.807, 2.05) is 0 Å². The zero-order chi connectivity index (χ0) is 16.4. The lowest BCUT2D eigenvalue weighted by atomic mass is 10.1. The minimum atomic E-state index is -0.659. The number of hydrogen-bond acceptors (Lipinski definition) is 5. The summed E-state index contributed by atoms with van der Waals surface area (Å²) in [6, 6.07) is 13.7. The number of nitro benzene ring substituents is 1. The number of benzene rings is 2. The summed E-state index contributed by atoms with van der Waals surface area (Å²) in [6.07, 6.45) is 0. The van der Waals surface area contributed by atoms with Gasteiger partial charge in [0.1, 0.15) is 0 Å². The van der Waals surface area contributed by atoms with Gasteiger partial charge in [0, 0.05) is 17.8 Å². The SMILES string of the molecule is O=C(Nc1cccc([N+](=O)[O-])c1)c1cc2ccccc2c(=O)o1. The summed E-state index contributed by atoms with van der Waals surface area (Å²) in [5.41, 5.74) is -0.532. The molecule has 0 radical (unpaired) electrons. The number of carbonyl (C=O) groups excluding carboxylic acids is 1. The van der Waals surface area contributed by atoms with Gasteiger partial charge in [0.05, 0.1) is 10.3 Å². The molecule has 1 N–H and O–H groups in total. The van der Waals surface area contributed by atoms with E-state index < -0.39 is 16.5 Å². The summed E-state index contributed by atoms with van der Waals surface area (Å²) >= 11 is 0. The number of non-ortho nitro benzene ring substituents is 1. The summed E-state index contributed by atoms with van der Waals surface area (Å²) in [5.74, 6) is -0.825. The van der Waals surface area contributed by atoms with Gasteiger partial charge in [-0.3, -0.25) is 14.9 Å². The van der Waals surface area contributed by atoms with Gasteiger partial charge < -0.3 is 9.73 Å². The van der Waals surface area contributed by atoms with Crippen molar-refractivity contribution in [2.24, 2.45) is 0 Å². The van der Waals surface area contributed by atoms with Gasteiger partial charge in [0.2, 0.25) is 0 Å². The lowest BCUT2D eigenvalue weighted by Crippen LogP contribution is -2.15. The molecular formula is C16H10N2O5. The predicted molar refractivity (Wildman–Crippen MR) is 83.5 cm³/mol. The lowest BCUT2D eigenvalue weighted by Gasteiger charge is -2.05. The van der Waals surface area contributed by atoms with E-state index in [1.165, 1.54) is 30.3 Å². The average Bonchev–Trinajstić information content (AvgIpc) is 2.55. The fourth-order valence-corrected chi connectivity index (χ4v) is 2.14. The quantitative estimate of drug-likeness (QED) is 0.592. The smallest absolute Gasteiger partial charge is 0.344 e. The van der Waals surface area contributed by atoms with Crippen LogP contribution in [0.5, 0.6) is 0 Å². The first kappa shape index (κ1) is 14.5. The molecule has 1 heterocycles. The van der Waals surface area contributed by atoms with E-state index in [0.717, 1.165) is 0 Å². The Balaban J connectivity index is 1.93. The van der Waals surface area contributed by atoms with Gasteiger partial charge in [-0.2, -0.15) is 0 Å². The van der Waals surface area contributed by atoms with Crippen LogP contribution in [0.25, 0.3) is 10.8 Å². The Bertz CT molecular complexity index is 977. The molecule has 0 unspecified atom stereocenters. The van der Waals surface area contributed by atoms with E-state index in [1.54, 1.807) is 24.3 Å². The number of nitrogens with one attached hydrogen (secondary N) is 1. The Morgan fingerprint density at radius 3 is 2.65 bits per heavy atom. The number of nitro groups is 1. The summed E-state index contributed by atoms with van der Waals surface area (Å²) in [4.78, 5) is 34.2. The van der Waals surface area contributed by atoms with Crippen molar-refractivity contribution in [3.63, 3.8) is 0 Å². The third-order valence-corrected chi connectivity index (χ3v) is 3.21. The molecule has 0 atom stereocenters. The molecule has 7 heteroatoms. The first-order valence-electron chi connectivity index (χ1n) is 6.63. The third-order valence-electron chi connectivity index (χ3n) is 3.21. The maximum Gasteiger partial charge on any atom is 0.344 e. The van der Waals surface area contributed by atoms with Crippen molar-refractivity contribution in [2.75, 3.05) is 5.32 Å². The second kappa shape index (κ2) is 5.72. The molecule has 114 valence electrons. The fourth-order valence-electron chi connectivity index (χ4n) is 2.14. The van der Waals surface area contributed by atoms with Gasteiger partial charge in [-0.15, -0.1) is 0 Å². The molecule has 0 aliphatic heterocycles. The lowest BCUT2D eigenvalue weighted by molar-refractivity contribution is -0.384.